The lowest BCUT2D eigenvalue weighted by atomic mass is 9.99. The predicted octanol–water partition coefficient (Wildman–Crippen LogP) is 26.1. The van der Waals surface area contributed by atoms with E-state index in [1.807, 2.05) is 0 Å². The minimum absolute atomic E-state index is 0.116. The van der Waals surface area contributed by atoms with Gasteiger partial charge in [0.15, 0.2) is 0 Å². The van der Waals surface area contributed by atoms with Gasteiger partial charge in [0.2, 0.25) is 11.8 Å². The molecule has 0 spiro atoms. The molecule has 0 aromatic heterocycles. The van der Waals surface area contributed by atoms with E-state index in [9.17, 15) is 9.59 Å². The summed E-state index contributed by atoms with van der Waals surface area (Å²) in [4.78, 5) is 29.7. The van der Waals surface area contributed by atoms with Crippen LogP contribution < -0.4 is 5.32 Å². The van der Waals surface area contributed by atoms with Crippen LogP contribution in [-0.4, -0.2) is 35.8 Å². The first-order valence-electron chi connectivity index (χ1n) is 37.7. The number of hydrogen-bond donors (Lipinski definition) is 1. The van der Waals surface area contributed by atoms with Crippen molar-refractivity contribution in [3.05, 3.63) is 0 Å². The second-order valence-electron chi connectivity index (χ2n) is 26.2. The zero-order valence-corrected chi connectivity index (χ0v) is 55.4. The van der Waals surface area contributed by atoms with Crippen LogP contribution >= 0.6 is 0 Å². The molecule has 0 aliphatic rings. The van der Waals surface area contributed by atoms with Crippen LogP contribution in [0.15, 0.2) is 0 Å². The maximum atomic E-state index is 13.9. The summed E-state index contributed by atoms with van der Waals surface area (Å²) < 4.78 is 0. The average Bonchev–Trinajstić information content (AvgIpc) is 3.45. The van der Waals surface area contributed by atoms with Crippen molar-refractivity contribution in [2.75, 3.05) is 13.1 Å². The zero-order chi connectivity index (χ0) is 57.1. The second-order valence-corrected chi connectivity index (χ2v) is 26.2. The van der Waals surface area contributed by atoms with Gasteiger partial charge in [0.1, 0.15) is 0 Å². The van der Waals surface area contributed by atoms with Crippen LogP contribution in [0, 0.1) is 0 Å². The Morgan fingerprint density at radius 3 is 0.620 bits per heavy atom. The molecule has 0 unspecified atom stereocenters. The van der Waals surface area contributed by atoms with Gasteiger partial charge in [0.25, 0.3) is 0 Å². The second kappa shape index (κ2) is 69.4. The molecule has 0 saturated heterocycles. The molecule has 79 heavy (non-hydrogen) atoms. The molecule has 472 valence electrons. The Kier molecular flexibility index (Phi) is 68.5. The number of hydrogen-bond acceptors (Lipinski definition) is 2. The Bertz CT molecular complexity index is 1070. The molecule has 0 atom stereocenters. The summed E-state index contributed by atoms with van der Waals surface area (Å²) in [5, 5.41) is 3.50. The van der Waals surface area contributed by atoms with Gasteiger partial charge in [0.05, 0.1) is 0 Å². The SMILES string of the molecule is CCCCCCCCCCCCCCCCCCN(CCCCCCCCCCCCCCCCCC)C(=O)CCC(=O)NC(CCCCCCCCCCCCCCCCC)CCCCCCCCCCCCCCCCC. The minimum atomic E-state index is 0.116. The van der Waals surface area contributed by atoms with Crippen molar-refractivity contribution >= 4 is 11.8 Å². The van der Waals surface area contributed by atoms with E-state index < -0.39 is 0 Å². The van der Waals surface area contributed by atoms with Gasteiger partial charge in [-0.1, -0.05) is 413 Å². The topological polar surface area (TPSA) is 49.4 Å². The summed E-state index contributed by atoms with van der Waals surface area (Å²) in [7, 11) is 0. The van der Waals surface area contributed by atoms with Gasteiger partial charge in [-0.25, -0.2) is 0 Å². The molecule has 2 amide bonds. The van der Waals surface area contributed by atoms with Gasteiger partial charge in [-0.05, 0) is 25.7 Å². The Morgan fingerprint density at radius 1 is 0.241 bits per heavy atom. The van der Waals surface area contributed by atoms with Gasteiger partial charge < -0.3 is 10.2 Å². The van der Waals surface area contributed by atoms with Gasteiger partial charge in [-0.2, -0.15) is 0 Å². The zero-order valence-electron chi connectivity index (χ0n) is 55.4. The van der Waals surface area contributed by atoms with Crippen molar-refractivity contribution in [1.82, 2.24) is 10.2 Å². The van der Waals surface area contributed by atoms with Crippen LogP contribution in [-0.2, 0) is 9.59 Å². The standard InChI is InChI=1S/C75H150N2O2/c1-5-9-13-17-21-25-29-33-37-41-45-49-53-57-61-65-71-77(72-66-62-58-54-50-46-42-38-34-30-26-22-18-14-10-6-2)75(79)70-69-74(78)76-73(67-63-59-55-51-47-43-39-35-31-27-23-19-15-11-7-3)68-64-60-56-52-48-44-40-36-32-28-24-20-16-12-8-4/h73H,5-72H2,1-4H3,(H,76,78). The highest BCUT2D eigenvalue weighted by atomic mass is 16.2. The van der Waals surface area contributed by atoms with Gasteiger partial charge >= 0.3 is 0 Å². The molecule has 0 heterocycles. The van der Waals surface area contributed by atoms with E-state index in [2.05, 4.69) is 37.9 Å². The van der Waals surface area contributed by atoms with Gasteiger partial charge in [-0.15, -0.1) is 0 Å². The smallest absolute Gasteiger partial charge is 0.223 e. The Labute approximate surface area is 499 Å². The third-order valence-electron chi connectivity index (χ3n) is 18.2. The summed E-state index contributed by atoms with van der Waals surface area (Å²) in [6.45, 7) is 11.0. The maximum absolute atomic E-state index is 13.9. The minimum Gasteiger partial charge on any atom is -0.353 e. The number of amides is 2. The lowest BCUT2D eigenvalue weighted by Gasteiger charge is -2.23. The third-order valence-corrected chi connectivity index (χ3v) is 18.2. The van der Waals surface area contributed by atoms with Crippen LogP contribution in [0.2, 0.25) is 0 Å². The summed E-state index contributed by atoms with van der Waals surface area (Å²) in [6, 6.07) is 0.262. The molecular weight excluding hydrogens is 961 g/mol. The Balaban J connectivity index is 4.92. The number of unbranched alkanes of at least 4 members (excludes halogenated alkanes) is 58. The lowest BCUT2D eigenvalue weighted by molar-refractivity contribution is -0.134. The Hall–Kier alpha value is -1.06. The molecule has 4 heteroatoms. The van der Waals surface area contributed by atoms with Crippen molar-refractivity contribution < 1.29 is 9.59 Å². The first kappa shape index (κ1) is 77.9. The van der Waals surface area contributed by atoms with E-state index in [4.69, 9.17) is 0 Å². The van der Waals surface area contributed by atoms with Crippen molar-refractivity contribution in [2.45, 2.75) is 458 Å². The van der Waals surface area contributed by atoms with Crippen LogP contribution in [0.3, 0.4) is 0 Å². The molecule has 0 fully saturated rings. The van der Waals surface area contributed by atoms with Gasteiger partial charge in [-0.3, -0.25) is 9.59 Å². The Morgan fingerprint density at radius 2 is 0.418 bits per heavy atom. The number of carbonyl (C=O) groups is 2. The molecule has 1 N–H and O–H groups in total. The van der Waals surface area contributed by atoms with E-state index in [1.54, 1.807) is 0 Å². The summed E-state index contributed by atoms with van der Waals surface area (Å²) in [5.74, 6) is 0.337. The quantitative estimate of drug-likeness (QED) is 0.0617. The molecule has 0 aromatic carbocycles. The fourth-order valence-corrected chi connectivity index (χ4v) is 12.6. The highest BCUT2D eigenvalue weighted by Crippen LogP contribution is 2.20. The van der Waals surface area contributed by atoms with E-state index >= 15 is 0 Å². The third kappa shape index (κ3) is 64.4. The van der Waals surface area contributed by atoms with Crippen molar-refractivity contribution in [2.24, 2.45) is 0 Å². The monoisotopic (exact) mass is 1110 g/mol. The molecule has 0 aliphatic heterocycles. The number of rotatable bonds is 70. The summed E-state index contributed by atoms with van der Waals surface area (Å²) in [6.07, 6.45) is 88.3. The maximum Gasteiger partial charge on any atom is 0.223 e. The highest BCUT2D eigenvalue weighted by Gasteiger charge is 2.18. The molecule has 0 rings (SSSR count). The summed E-state index contributed by atoms with van der Waals surface area (Å²) in [5.41, 5.74) is 0. The highest BCUT2D eigenvalue weighted by molar-refractivity contribution is 5.83. The first-order valence-corrected chi connectivity index (χ1v) is 37.7. The normalized spacial score (nSPS) is 11.7. The fourth-order valence-electron chi connectivity index (χ4n) is 12.6. The first-order chi connectivity index (χ1) is 39.1. The lowest BCUT2D eigenvalue weighted by Crippen LogP contribution is -2.37. The molecule has 4 nitrogen and oxygen atoms in total. The predicted molar refractivity (Wildman–Crippen MR) is 356 cm³/mol. The molecule has 0 radical (unpaired) electrons. The van der Waals surface area contributed by atoms with Crippen molar-refractivity contribution in [1.29, 1.82) is 0 Å². The van der Waals surface area contributed by atoms with Crippen LogP contribution in [0.25, 0.3) is 0 Å². The van der Waals surface area contributed by atoms with E-state index in [-0.39, 0.29) is 17.9 Å². The number of nitrogens with zero attached hydrogens (tertiary/aromatic N) is 1. The average molecular weight is 1110 g/mol. The van der Waals surface area contributed by atoms with Gasteiger partial charge in [0, 0.05) is 32.0 Å². The van der Waals surface area contributed by atoms with E-state index in [0.717, 1.165) is 38.8 Å². The molecule has 0 aromatic rings. The van der Waals surface area contributed by atoms with Crippen molar-refractivity contribution in [3.8, 4) is 0 Å². The largest absolute Gasteiger partial charge is 0.353 e. The molecule has 0 aliphatic carbocycles. The molecule has 0 saturated carbocycles. The van der Waals surface area contributed by atoms with Crippen LogP contribution in [0.1, 0.15) is 451 Å². The van der Waals surface area contributed by atoms with Crippen LogP contribution in [0.5, 0.6) is 0 Å². The fraction of sp³-hybridized carbons (Fsp3) is 0.973. The molecule has 0 bridgehead atoms. The van der Waals surface area contributed by atoms with Crippen LogP contribution in [0.4, 0.5) is 0 Å². The molecular formula is C75H150N2O2. The van der Waals surface area contributed by atoms with E-state index in [1.165, 1.54) is 385 Å². The van der Waals surface area contributed by atoms with E-state index in [0.29, 0.717) is 12.8 Å². The van der Waals surface area contributed by atoms with Crippen molar-refractivity contribution in [3.63, 3.8) is 0 Å². The number of nitrogens with one attached hydrogen (secondary N) is 1. The number of carbonyl (C=O) groups excluding carboxylic acids is 2. The summed E-state index contributed by atoms with van der Waals surface area (Å²) >= 11 is 0.